The number of ether oxygens (including phenoxy) is 2. The van der Waals surface area contributed by atoms with Gasteiger partial charge in [-0.25, -0.2) is 0 Å². The summed E-state index contributed by atoms with van der Waals surface area (Å²) in [5.41, 5.74) is 1.88. The number of furan rings is 1. The highest BCUT2D eigenvalue weighted by Crippen LogP contribution is 2.33. The minimum atomic E-state index is -4.36. The first-order valence-electron chi connectivity index (χ1n) is 9.38. The lowest BCUT2D eigenvalue weighted by atomic mass is 10.1. The van der Waals surface area contributed by atoms with E-state index < -0.39 is 11.7 Å². The lowest BCUT2D eigenvalue weighted by molar-refractivity contribution is -0.137. The third-order valence-corrected chi connectivity index (χ3v) is 4.67. The maximum absolute atomic E-state index is 12.7. The Labute approximate surface area is 168 Å². The standard InChI is InChI=1S/C23H23F3O3/c1-4-5-16-6-11-20(27-3)22(12-16)28-14-18-13-21(29-15(18)2)17-7-9-19(10-8-17)23(24,25)26/h6-13H,4-5,14H2,1-3H3. The fourth-order valence-corrected chi connectivity index (χ4v) is 3.06. The molecule has 29 heavy (non-hydrogen) atoms. The van der Waals surface area contributed by atoms with Crippen LogP contribution in [0.2, 0.25) is 0 Å². The smallest absolute Gasteiger partial charge is 0.416 e. The fraction of sp³-hybridized carbons (Fsp3) is 0.304. The number of methoxy groups -OCH3 is 1. The molecule has 0 bridgehead atoms. The second-order valence-corrected chi connectivity index (χ2v) is 6.79. The van der Waals surface area contributed by atoms with Gasteiger partial charge in [0.1, 0.15) is 18.1 Å². The fourth-order valence-electron chi connectivity index (χ4n) is 3.06. The molecule has 0 saturated carbocycles. The number of alkyl halides is 3. The summed E-state index contributed by atoms with van der Waals surface area (Å²) in [5, 5.41) is 0. The zero-order valence-corrected chi connectivity index (χ0v) is 16.6. The Kier molecular flexibility index (Phi) is 6.20. The predicted molar refractivity (Wildman–Crippen MR) is 105 cm³/mol. The van der Waals surface area contributed by atoms with E-state index in [1.807, 2.05) is 18.2 Å². The molecule has 0 aliphatic rings. The van der Waals surface area contributed by atoms with Crippen LogP contribution < -0.4 is 9.47 Å². The van der Waals surface area contributed by atoms with E-state index in [9.17, 15) is 13.2 Å². The van der Waals surface area contributed by atoms with Gasteiger partial charge in [-0.2, -0.15) is 13.2 Å². The van der Waals surface area contributed by atoms with Gasteiger partial charge < -0.3 is 13.9 Å². The maximum atomic E-state index is 12.7. The van der Waals surface area contributed by atoms with Crippen molar-refractivity contribution < 1.29 is 27.1 Å². The predicted octanol–water partition coefficient (Wildman–Crippen LogP) is 6.81. The van der Waals surface area contributed by atoms with Crippen molar-refractivity contribution in [2.75, 3.05) is 7.11 Å². The molecule has 3 nitrogen and oxygen atoms in total. The van der Waals surface area contributed by atoms with Gasteiger partial charge in [0.15, 0.2) is 11.5 Å². The molecule has 2 aromatic carbocycles. The van der Waals surface area contributed by atoms with Gasteiger partial charge in [0.2, 0.25) is 0 Å². The first kappa shape index (κ1) is 20.8. The molecule has 0 spiro atoms. The van der Waals surface area contributed by atoms with Crippen LogP contribution in [-0.4, -0.2) is 7.11 Å². The average Bonchev–Trinajstić information content (AvgIpc) is 3.07. The van der Waals surface area contributed by atoms with Crippen molar-refractivity contribution in [1.29, 1.82) is 0 Å². The minimum absolute atomic E-state index is 0.266. The quantitative estimate of drug-likeness (QED) is 0.433. The molecule has 154 valence electrons. The lowest BCUT2D eigenvalue weighted by Crippen LogP contribution is -2.03. The molecule has 0 N–H and O–H groups in total. The Hall–Kier alpha value is -2.89. The van der Waals surface area contributed by atoms with Crippen LogP contribution in [0.1, 0.15) is 35.8 Å². The first-order valence-corrected chi connectivity index (χ1v) is 9.38. The van der Waals surface area contributed by atoms with Gasteiger partial charge in [-0.15, -0.1) is 0 Å². The van der Waals surface area contributed by atoms with E-state index in [2.05, 4.69) is 6.92 Å². The van der Waals surface area contributed by atoms with Crippen molar-refractivity contribution in [1.82, 2.24) is 0 Å². The Balaban J connectivity index is 1.77. The average molecular weight is 404 g/mol. The van der Waals surface area contributed by atoms with Crippen molar-refractivity contribution in [2.45, 2.75) is 39.5 Å². The molecular weight excluding hydrogens is 381 g/mol. The van der Waals surface area contributed by atoms with Gasteiger partial charge in [-0.3, -0.25) is 0 Å². The van der Waals surface area contributed by atoms with Crippen LogP contribution in [-0.2, 0) is 19.2 Å². The van der Waals surface area contributed by atoms with E-state index >= 15 is 0 Å². The van der Waals surface area contributed by atoms with E-state index in [-0.39, 0.29) is 6.61 Å². The molecule has 1 aromatic heterocycles. The summed E-state index contributed by atoms with van der Waals surface area (Å²) in [5.74, 6) is 2.45. The van der Waals surface area contributed by atoms with Gasteiger partial charge >= 0.3 is 6.18 Å². The third kappa shape index (κ3) is 4.94. The molecule has 3 rings (SSSR count). The Morgan fingerprint density at radius 2 is 1.69 bits per heavy atom. The van der Waals surface area contributed by atoms with Crippen LogP contribution in [0.25, 0.3) is 11.3 Å². The van der Waals surface area contributed by atoms with Crippen molar-refractivity contribution in [3.05, 3.63) is 71.0 Å². The number of benzene rings is 2. The van der Waals surface area contributed by atoms with Crippen LogP contribution in [0.5, 0.6) is 11.5 Å². The zero-order valence-electron chi connectivity index (χ0n) is 16.6. The molecule has 1 heterocycles. The van der Waals surface area contributed by atoms with Crippen LogP contribution in [0.3, 0.4) is 0 Å². The topological polar surface area (TPSA) is 31.6 Å². The van der Waals surface area contributed by atoms with E-state index in [4.69, 9.17) is 13.9 Å². The van der Waals surface area contributed by atoms with Crippen molar-refractivity contribution in [3.8, 4) is 22.8 Å². The van der Waals surface area contributed by atoms with Crippen molar-refractivity contribution in [2.24, 2.45) is 0 Å². The summed E-state index contributed by atoms with van der Waals surface area (Å²) in [4.78, 5) is 0. The number of hydrogen-bond acceptors (Lipinski definition) is 3. The SMILES string of the molecule is CCCc1ccc(OC)c(OCc2cc(-c3ccc(C(F)(F)F)cc3)oc2C)c1. The second kappa shape index (κ2) is 8.64. The summed E-state index contributed by atoms with van der Waals surface area (Å²) in [7, 11) is 1.59. The van der Waals surface area contributed by atoms with Crippen molar-refractivity contribution in [3.63, 3.8) is 0 Å². The number of hydrogen-bond donors (Lipinski definition) is 0. The van der Waals surface area contributed by atoms with Gasteiger partial charge in [0.25, 0.3) is 0 Å². The largest absolute Gasteiger partial charge is 0.493 e. The van der Waals surface area contributed by atoms with E-state index in [0.29, 0.717) is 28.6 Å². The molecule has 6 heteroatoms. The third-order valence-electron chi connectivity index (χ3n) is 4.67. The lowest BCUT2D eigenvalue weighted by Gasteiger charge is -2.12. The van der Waals surface area contributed by atoms with Crippen LogP contribution in [0.15, 0.2) is 52.9 Å². The minimum Gasteiger partial charge on any atom is -0.493 e. The van der Waals surface area contributed by atoms with Gasteiger partial charge in [0.05, 0.1) is 12.7 Å². The summed E-state index contributed by atoms with van der Waals surface area (Å²) in [6.45, 7) is 4.18. The highest BCUT2D eigenvalue weighted by Gasteiger charge is 2.30. The van der Waals surface area contributed by atoms with Crippen LogP contribution in [0, 0.1) is 6.92 Å². The van der Waals surface area contributed by atoms with Crippen LogP contribution in [0.4, 0.5) is 13.2 Å². The number of halogens is 3. The molecule has 0 atom stereocenters. The van der Waals surface area contributed by atoms with E-state index in [0.717, 1.165) is 36.1 Å². The molecule has 0 aliphatic heterocycles. The van der Waals surface area contributed by atoms with Gasteiger partial charge in [-0.1, -0.05) is 31.5 Å². The maximum Gasteiger partial charge on any atom is 0.416 e. The van der Waals surface area contributed by atoms with E-state index in [1.54, 1.807) is 20.1 Å². The Morgan fingerprint density at radius 1 is 0.966 bits per heavy atom. The molecule has 0 fully saturated rings. The molecule has 0 aliphatic carbocycles. The highest BCUT2D eigenvalue weighted by atomic mass is 19.4. The number of rotatable bonds is 7. The van der Waals surface area contributed by atoms with Gasteiger partial charge in [0, 0.05) is 11.1 Å². The Morgan fingerprint density at radius 3 is 2.31 bits per heavy atom. The normalized spacial score (nSPS) is 11.5. The summed E-state index contributed by atoms with van der Waals surface area (Å²) >= 11 is 0. The summed E-state index contributed by atoms with van der Waals surface area (Å²) in [6.07, 6.45) is -2.38. The first-order chi connectivity index (χ1) is 13.8. The van der Waals surface area contributed by atoms with Crippen molar-refractivity contribution >= 4 is 0 Å². The van der Waals surface area contributed by atoms with E-state index in [1.165, 1.54) is 12.1 Å². The molecular formula is C23H23F3O3. The summed E-state index contributed by atoms with van der Waals surface area (Å²) in [6, 6.07) is 12.6. The monoisotopic (exact) mass is 404 g/mol. The second-order valence-electron chi connectivity index (χ2n) is 6.79. The molecule has 0 radical (unpaired) electrons. The summed E-state index contributed by atoms with van der Waals surface area (Å²) < 4.78 is 55.3. The molecule has 0 unspecified atom stereocenters. The van der Waals surface area contributed by atoms with Gasteiger partial charge in [-0.05, 0) is 49.2 Å². The molecule has 0 saturated heterocycles. The Bertz CT molecular complexity index is 956. The van der Waals surface area contributed by atoms with Crippen LogP contribution >= 0.6 is 0 Å². The highest BCUT2D eigenvalue weighted by molar-refractivity contribution is 5.59. The molecule has 3 aromatic rings. The molecule has 0 amide bonds. The zero-order chi connectivity index (χ0) is 21.0. The number of aryl methyl sites for hydroxylation is 2.